The molecule has 1 aromatic rings. The number of likely N-dealkylation sites (N-methyl/N-ethyl adjacent to an activating group) is 1. The Balaban J connectivity index is 1.82. The number of anilines is 1. The molecule has 2 rings (SSSR count). The lowest BCUT2D eigenvalue weighted by Crippen LogP contribution is -2.35. The second-order valence-corrected chi connectivity index (χ2v) is 5.40. The Morgan fingerprint density at radius 2 is 2.16 bits per heavy atom. The molecule has 1 amide bonds. The van der Waals surface area contributed by atoms with Crippen LogP contribution in [0.25, 0.3) is 0 Å². The molecule has 0 saturated heterocycles. The number of carbonyl (C=O) groups excluding carboxylic acids is 1. The minimum atomic E-state index is 0.0303. The fourth-order valence-electron chi connectivity index (χ4n) is 2.44. The third kappa shape index (κ3) is 4.04. The van der Waals surface area contributed by atoms with E-state index in [1.807, 2.05) is 31.3 Å². The molecule has 0 heterocycles. The number of benzene rings is 1. The molecule has 0 aliphatic heterocycles. The van der Waals surface area contributed by atoms with E-state index in [-0.39, 0.29) is 5.91 Å². The van der Waals surface area contributed by atoms with Gasteiger partial charge in [-0.25, -0.2) is 0 Å². The Morgan fingerprint density at radius 3 is 2.79 bits per heavy atom. The molecule has 1 aliphatic carbocycles. The quantitative estimate of drug-likeness (QED) is 0.821. The number of carbonyl (C=O) groups is 1. The molecule has 4 heteroatoms. The number of amides is 1. The lowest BCUT2D eigenvalue weighted by Gasteiger charge is -2.29. The summed E-state index contributed by atoms with van der Waals surface area (Å²) in [5.74, 6) is 0.817. The maximum atomic E-state index is 12.0. The second-order valence-electron chi connectivity index (χ2n) is 5.40. The highest BCUT2D eigenvalue weighted by atomic mass is 16.2. The van der Waals surface area contributed by atoms with Crippen LogP contribution in [0.1, 0.15) is 24.8 Å². The number of hydrogen-bond acceptors (Lipinski definition) is 3. The van der Waals surface area contributed by atoms with Gasteiger partial charge < -0.3 is 11.1 Å². The summed E-state index contributed by atoms with van der Waals surface area (Å²) < 4.78 is 0. The van der Waals surface area contributed by atoms with Gasteiger partial charge in [-0.15, -0.1) is 0 Å². The summed E-state index contributed by atoms with van der Waals surface area (Å²) in [5.41, 5.74) is 7.45. The SMILES string of the molecule is CN(CC(=O)Nc1ccccc1CN)CC1CCC1. The van der Waals surface area contributed by atoms with Crippen LogP contribution in [0.3, 0.4) is 0 Å². The van der Waals surface area contributed by atoms with Crippen molar-refractivity contribution in [2.75, 3.05) is 25.5 Å². The predicted octanol–water partition coefficient (Wildman–Crippen LogP) is 1.82. The van der Waals surface area contributed by atoms with E-state index in [0.717, 1.165) is 23.7 Å². The largest absolute Gasteiger partial charge is 0.326 e. The number of rotatable bonds is 6. The molecule has 1 fully saturated rings. The van der Waals surface area contributed by atoms with E-state index in [2.05, 4.69) is 10.2 Å². The molecule has 104 valence electrons. The fourth-order valence-corrected chi connectivity index (χ4v) is 2.44. The molecule has 0 atom stereocenters. The molecule has 1 aromatic carbocycles. The number of para-hydroxylation sites is 1. The lowest BCUT2D eigenvalue weighted by molar-refractivity contribution is -0.117. The second kappa shape index (κ2) is 6.68. The lowest BCUT2D eigenvalue weighted by atomic mass is 9.85. The van der Waals surface area contributed by atoms with Crippen molar-refractivity contribution >= 4 is 11.6 Å². The number of nitrogens with zero attached hydrogens (tertiary/aromatic N) is 1. The van der Waals surface area contributed by atoms with E-state index in [4.69, 9.17) is 5.73 Å². The molecule has 0 bridgehead atoms. The summed E-state index contributed by atoms with van der Waals surface area (Å²) in [7, 11) is 2.01. The summed E-state index contributed by atoms with van der Waals surface area (Å²) in [5, 5.41) is 2.94. The first-order valence-corrected chi connectivity index (χ1v) is 6.95. The Morgan fingerprint density at radius 1 is 1.42 bits per heavy atom. The summed E-state index contributed by atoms with van der Waals surface area (Å²) >= 11 is 0. The normalized spacial score (nSPS) is 15.3. The standard InChI is InChI=1S/C15H23N3O/c1-18(10-12-5-4-6-12)11-15(19)17-14-8-3-2-7-13(14)9-16/h2-3,7-8,12H,4-6,9-11,16H2,1H3,(H,17,19). The summed E-state index contributed by atoms with van der Waals surface area (Å²) in [4.78, 5) is 14.1. The van der Waals surface area contributed by atoms with E-state index in [9.17, 15) is 4.79 Å². The molecule has 4 nitrogen and oxygen atoms in total. The molecule has 3 N–H and O–H groups in total. The van der Waals surface area contributed by atoms with Crippen LogP contribution in [0.4, 0.5) is 5.69 Å². The topological polar surface area (TPSA) is 58.4 Å². The van der Waals surface area contributed by atoms with Crippen LogP contribution in [0, 0.1) is 5.92 Å². The number of nitrogens with one attached hydrogen (secondary N) is 1. The molecule has 0 aromatic heterocycles. The van der Waals surface area contributed by atoms with Gasteiger partial charge in [0.15, 0.2) is 0 Å². The van der Waals surface area contributed by atoms with Crippen molar-refractivity contribution < 1.29 is 4.79 Å². The first-order chi connectivity index (χ1) is 9.19. The number of hydrogen-bond donors (Lipinski definition) is 2. The van der Waals surface area contributed by atoms with Gasteiger partial charge in [-0.3, -0.25) is 9.69 Å². The van der Waals surface area contributed by atoms with Gasteiger partial charge in [0.1, 0.15) is 0 Å². The predicted molar refractivity (Wildman–Crippen MR) is 77.8 cm³/mol. The van der Waals surface area contributed by atoms with Crippen molar-refractivity contribution in [3.05, 3.63) is 29.8 Å². The Bertz CT molecular complexity index is 429. The summed E-state index contributed by atoms with van der Waals surface area (Å²) in [6, 6.07) is 7.67. The third-order valence-corrected chi connectivity index (χ3v) is 3.72. The monoisotopic (exact) mass is 261 g/mol. The van der Waals surface area contributed by atoms with Crippen LogP contribution in [0.15, 0.2) is 24.3 Å². The summed E-state index contributed by atoms with van der Waals surface area (Å²) in [6.07, 6.45) is 3.96. The molecule has 1 aliphatic rings. The fraction of sp³-hybridized carbons (Fsp3) is 0.533. The maximum Gasteiger partial charge on any atom is 0.238 e. The molecule has 0 spiro atoms. The van der Waals surface area contributed by atoms with Gasteiger partial charge in [-0.05, 0) is 37.4 Å². The van der Waals surface area contributed by atoms with Crippen LogP contribution >= 0.6 is 0 Å². The van der Waals surface area contributed by atoms with E-state index in [0.29, 0.717) is 13.1 Å². The van der Waals surface area contributed by atoms with E-state index >= 15 is 0 Å². The van der Waals surface area contributed by atoms with Crippen LogP contribution < -0.4 is 11.1 Å². The van der Waals surface area contributed by atoms with Gasteiger partial charge in [-0.1, -0.05) is 24.6 Å². The van der Waals surface area contributed by atoms with Crippen molar-refractivity contribution in [1.29, 1.82) is 0 Å². The van der Waals surface area contributed by atoms with Crippen LogP contribution in [0.2, 0.25) is 0 Å². The Hall–Kier alpha value is -1.39. The van der Waals surface area contributed by atoms with Gasteiger partial charge in [0, 0.05) is 18.8 Å². The zero-order valence-electron chi connectivity index (χ0n) is 11.6. The smallest absolute Gasteiger partial charge is 0.238 e. The van der Waals surface area contributed by atoms with Gasteiger partial charge in [-0.2, -0.15) is 0 Å². The molecule has 19 heavy (non-hydrogen) atoms. The first-order valence-electron chi connectivity index (χ1n) is 6.95. The van der Waals surface area contributed by atoms with Gasteiger partial charge in [0.25, 0.3) is 0 Å². The van der Waals surface area contributed by atoms with Crippen molar-refractivity contribution in [2.24, 2.45) is 11.7 Å². The Labute approximate surface area is 115 Å². The van der Waals surface area contributed by atoms with Gasteiger partial charge in [0.2, 0.25) is 5.91 Å². The Kier molecular flexibility index (Phi) is 4.93. The molecule has 0 radical (unpaired) electrons. The average molecular weight is 261 g/mol. The zero-order chi connectivity index (χ0) is 13.7. The zero-order valence-corrected chi connectivity index (χ0v) is 11.6. The van der Waals surface area contributed by atoms with E-state index in [1.165, 1.54) is 19.3 Å². The van der Waals surface area contributed by atoms with Gasteiger partial charge in [0.05, 0.1) is 6.54 Å². The highest BCUT2D eigenvalue weighted by Gasteiger charge is 2.20. The molecular formula is C15H23N3O. The van der Waals surface area contributed by atoms with Crippen molar-refractivity contribution in [2.45, 2.75) is 25.8 Å². The van der Waals surface area contributed by atoms with Crippen LogP contribution in [-0.4, -0.2) is 30.9 Å². The van der Waals surface area contributed by atoms with Crippen LogP contribution in [0.5, 0.6) is 0 Å². The van der Waals surface area contributed by atoms with Crippen molar-refractivity contribution in [3.8, 4) is 0 Å². The first kappa shape index (κ1) is 14.0. The molecular weight excluding hydrogens is 238 g/mol. The highest BCUT2D eigenvalue weighted by Crippen LogP contribution is 2.26. The van der Waals surface area contributed by atoms with Crippen LogP contribution in [-0.2, 0) is 11.3 Å². The van der Waals surface area contributed by atoms with E-state index in [1.54, 1.807) is 0 Å². The average Bonchev–Trinajstić information content (AvgIpc) is 2.34. The highest BCUT2D eigenvalue weighted by molar-refractivity contribution is 5.92. The number of nitrogens with two attached hydrogens (primary N) is 1. The minimum Gasteiger partial charge on any atom is -0.326 e. The van der Waals surface area contributed by atoms with Gasteiger partial charge >= 0.3 is 0 Å². The third-order valence-electron chi connectivity index (χ3n) is 3.72. The van der Waals surface area contributed by atoms with Crippen molar-refractivity contribution in [1.82, 2.24) is 4.90 Å². The molecule has 0 unspecified atom stereocenters. The molecule has 1 saturated carbocycles. The minimum absolute atomic E-state index is 0.0303. The van der Waals surface area contributed by atoms with Crippen molar-refractivity contribution in [3.63, 3.8) is 0 Å². The van der Waals surface area contributed by atoms with E-state index < -0.39 is 0 Å². The maximum absolute atomic E-state index is 12.0. The summed E-state index contributed by atoms with van der Waals surface area (Å²) in [6.45, 7) is 1.90.